The smallest absolute Gasteiger partial charge is 0.362 e. The Labute approximate surface area is 106 Å². The maximum Gasteiger partial charge on any atom is 0.438 e. The topological polar surface area (TPSA) is 83.5 Å². The van der Waals surface area contributed by atoms with E-state index in [0.717, 1.165) is 0 Å². The van der Waals surface area contributed by atoms with Crippen LogP contribution in [-0.4, -0.2) is 32.6 Å². The van der Waals surface area contributed by atoms with Gasteiger partial charge in [0.05, 0.1) is 6.04 Å². The van der Waals surface area contributed by atoms with Gasteiger partial charge in [0.1, 0.15) is 0 Å². The minimum absolute atomic E-state index is 0.0324. The van der Waals surface area contributed by atoms with Gasteiger partial charge in [-0.15, -0.1) is 0 Å². The zero-order chi connectivity index (χ0) is 14.4. The lowest BCUT2D eigenvalue weighted by molar-refractivity contribution is -0.299. The quantitative estimate of drug-likeness (QED) is 0.703. The summed E-state index contributed by atoms with van der Waals surface area (Å²) in [6, 6.07) is 0.992. The second kappa shape index (κ2) is 4.14. The normalized spacial score (nSPS) is 27.8. The van der Waals surface area contributed by atoms with Crippen molar-refractivity contribution in [2.45, 2.75) is 24.4 Å². The predicted octanol–water partition coefficient (Wildman–Crippen LogP) is 0.606. The van der Waals surface area contributed by atoms with E-state index in [9.17, 15) is 23.1 Å². The Bertz CT molecular complexity index is 501. The van der Waals surface area contributed by atoms with Crippen molar-refractivity contribution < 1.29 is 23.1 Å². The van der Waals surface area contributed by atoms with Crippen LogP contribution in [0.4, 0.5) is 18.0 Å². The first-order chi connectivity index (χ1) is 8.67. The van der Waals surface area contributed by atoms with Crippen LogP contribution in [0.1, 0.15) is 18.2 Å². The Morgan fingerprint density at radius 2 is 2.26 bits per heavy atom. The number of nitrogens with zero attached hydrogens (tertiary/aromatic N) is 2. The number of primary amides is 1. The van der Waals surface area contributed by atoms with Gasteiger partial charge in [0.2, 0.25) is 0 Å². The van der Waals surface area contributed by atoms with Crippen molar-refractivity contribution in [1.82, 2.24) is 15.0 Å². The van der Waals surface area contributed by atoms with Crippen LogP contribution in [0.5, 0.6) is 0 Å². The van der Waals surface area contributed by atoms with Gasteiger partial charge in [-0.2, -0.15) is 13.2 Å². The summed E-state index contributed by atoms with van der Waals surface area (Å²) in [7, 11) is 1.65. The van der Waals surface area contributed by atoms with Gasteiger partial charge in [-0.1, -0.05) is 0 Å². The van der Waals surface area contributed by atoms with Crippen molar-refractivity contribution in [1.29, 1.82) is 0 Å². The van der Waals surface area contributed by atoms with E-state index in [0.29, 0.717) is 5.69 Å². The van der Waals surface area contributed by atoms with E-state index < -0.39 is 30.4 Å². The lowest BCUT2D eigenvalue weighted by atomic mass is 10.0. The predicted molar refractivity (Wildman–Crippen MR) is 58.3 cm³/mol. The highest BCUT2D eigenvalue weighted by Gasteiger charge is 2.64. The molecule has 1 saturated heterocycles. The molecule has 19 heavy (non-hydrogen) atoms. The summed E-state index contributed by atoms with van der Waals surface area (Å²) in [6.45, 7) is 0. The highest BCUT2D eigenvalue weighted by Crippen LogP contribution is 2.43. The fraction of sp³-hybridized carbons (Fsp3) is 0.500. The summed E-state index contributed by atoms with van der Waals surface area (Å²) < 4.78 is 40.4. The summed E-state index contributed by atoms with van der Waals surface area (Å²) in [5.41, 5.74) is 4.37. The Kier molecular flexibility index (Phi) is 2.98. The van der Waals surface area contributed by atoms with E-state index in [-0.39, 0.29) is 5.01 Å². The molecule has 2 heterocycles. The van der Waals surface area contributed by atoms with Crippen LogP contribution in [0.3, 0.4) is 0 Å². The van der Waals surface area contributed by atoms with Gasteiger partial charge in [0.15, 0.2) is 0 Å². The summed E-state index contributed by atoms with van der Waals surface area (Å²) >= 11 is 0. The van der Waals surface area contributed by atoms with Crippen molar-refractivity contribution in [2.24, 2.45) is 12.8 Å². The number of urea groups is 1. The highest BCUT2D eigenvalue weighted by atomic mass is 19.4. The monoisotopic (exact) mass is 278 g/mol. The van der Waals surface area contributed by atoms with Gasteiger partial charge in [0, 0.05) is 25.4 Å². The van der Waals surface area contributed by atoms with Crippen molar-refractivity contribution in [2.75, 3.05) is 0 Å². The van der Waals surface area contributed by atoms with Gasteiger partial charge in [0.25, 0.3) is 5.72 Å². The van der Waals surface area contributed by atoms with Crippen LogP contribution in [0.15, 0.2) is 18.3 Å². The molecule has 2 rings (SSSR count). The number of aromatic nitrogens is 1. The summed E-state index contributed by atoms with van der Waals surface area (Å²) in [5, 5.41) is 9.78. The number of aliphatic hydroxyl groups is 1. The number of nitrogens with one attached hydrogen (secondary N) is 1. The van der Waals surface area contributed by atoms with Gasteiger partial charge in [-0.05, 0) is 12.1 Å². The average Bonchev–Trinajstić information content (AvgIpc) is 2.81. The van der Waals surface area contributed by atoms with Crippen molar-refractivity contribution >= 4 is 6.03 Å². The maximum absolute atomic E-state index is 12.9. The van der Waals surface area contributed by atoms with Crippen LogP contribution in [0.2, 0.25) is 0 Å². The van der Waals surface area contributed by atoms with Crippen molar-refractivity contribution in [3.63, 3.8) is 0 Å². The number of hydrazine groups is 1. The Balaban J connectivity index is 2.37. The Hall–Kier alpha value is -1.74. The van der Waals surface area contributed by atoms with E-state index in [1.54, 1.807) is 29.9 Å². The second-order valence-electron chi connectivity index (χ2n) is 4.42. The highest BCUT2D eigenvalue weighted by molar-refractivity contribution is 5.72. The molecule has 0 aromatic carbocycles. The number of rotatable bonds is 1. The molecule has 0 unspecified atom stereocenters. The summed E-state index contributed by atoms with van der Waals surface area (Å²) in [4.78, 5) is 11.1. The molecule has 2 atom stereocenters. The van der Waals surface area contributed by atoms with Crippen molar-refractivity contribution in [3.8, 4) is 0 Å². The van der Waals surface area contributed by atoms with E-state index in [1.165, 1.54) is 0 Å². The third kappa shape index (κ3) is 2.04. The lowest BCUT2D eigenvalue weighted by Crippen LogP contribution is -2.61. The van der Waals surface area contributed by atoms with Crippen LogP contribution >= 0.6 is 0 Å². The van der Waals surface area contributed by atoms with Gasteiger partial charge in [-0.25, -0.2) is 15.2 Å². The van der Waals surface area contributed by atoms with Crippen LogP contribution in [0, 0.1) is 0 Å². The minimum atomic E-state index is -5.01. The molecule has 1 fully saturated rings. The largest absolute Gasteiger partial charge is 0.438 e. The number of carbonyl (C=O) groups excluding carboxylic acids is 1. The number of alkyl halides is 3. The molecule has 0 saturated carbocycles. The van der Waals surface area contributed by atoms with Crippen LogP contribution < -0.4 is 11.2 Å². The fourth-order valence-electron chi connectivity index (χ4n) is 2.18. The molecule has 0 spiro atoms. The molecule has 4 N–H and O–H groups in total. The number of halogens is 3. The molecule has 1 aliphatic rings. The van der Waals surface area contributed by atoms with E-state index in [1.807, 2.05) is 0 Å². The molecule has 9 heteroatoms. The van der Waals surface area contributed by atoms with Gasteiger partial charge >= 0.3 is 12.2 Å². The number of aryl methyl sites for hydroxylation is 1. The third-order valence-electron chi connectivity index (χ3n) is 3.16. The lowest BCUT2D eigenvalue weighted by Gasteiger charge is -2.32. The molecule has 1 aliphatic heterocycles. The average molecular weight is 278 g/mol. The maximum atomic E-state index is 12.9. The standard InChI is InChI=1S/C10H13F3N4O2/c1-16-4-2-3-7(16)6-5-9(19,10(11,12)13)17(15-6)8(14)18/h2-4,6,15,19H,5H2,1H3,(H2,14,18)/t6-,9-/m0/s1. The van der Waals surface area contributed by atoms with E-state index in [2.05, 4.69) is 5.43 Å². The molecule has 0 radical (unpaired) electrons. The number of carbonyl (C=O) groups is 1. The molecular formula is C10H13F3N4O2. The number of amides is 2. The summed E-state index contributed by atoms with van der Waals surface area (Å²) in [5.74, 6) is 0. The molecule has 106 valence electrons. The molecule has 0 bridgehead atoms. The van der Waals surface area contributed by atoms with Crippen LogP contribution in [-0.2, 0) is 7.05 Å². The number of hydrogen-bond acceptors (Lipinski definition) is 3. The number of hydrogen-bond donors (Lipinski definition) is 3. The first-order valence-electron chi connectivity index (χ1n) is 5.43. The first-order valence-corrected chi connectivity index (χ1v) is 5.43. The first kappa shape index (κ1) is 13.7. The van der Waals surface area contributed by atoms with E-state index >= 15 is 0 Å². The minimum Gasteiger partial charge on any atom is -0.362 e. The third-order valence-corrected chi connectivity index (χ3v) is 3.16. The molecule has 0 aliphatic carbocycles. The summed E-state index contributed by atoms with van der Waals surface area (Å²) in [6.07, 6.45) is -4.08. The zero-order valence-electron chi connectivity index (χ0n) is 9.98. The van der Waals surface area contributed by atoms with Gasteiger partial charge in [-0.3, -0.25) is 0 Å². The zero-order valence-corrected chi connectivity index (χ0v) is 9.98. The van der Waals surface area contributed by atoms with Gasteiger partial charge < -0.3 is 15.4 Å². The molecule has 6 nitrogen and oxygen atoms in total. The van der Waals surface area contributed by atoms with Crippen molar-refractivity contribution in [3.05, 3.63) is 24.0 Å². The SMILES string of the molecule is Cn1cccc1[C@@H]1C[C@](O)(C(F)(F)F)N(C(N)=O)N1. The Morgan fingerprint density at radius 1 is 1.63 bits per heavy atom. The molecule has 2 amide bonds. The second-order valence-corrected chi connectivity index (χ2v) is 4.42. The molecule has 1 aromatic heterocycles. The fourth-order valence-corrected chi connectivity index (χ4v) is 2.18. The van der Waals surface area contributed by atoms with E-state index in [4.69, 9.17) is 5.73 Å². The van der Waals surface area contributed by atoms with Crippen LogP contribution in [0.25, 0.3) is 0 Å². The molecule has 1 aromatic rings. The number of nitrogens with two attached hydrogens (primary N) is 1. The molecular weight excluding hydrogens is 265 g/mol. The Morgan fingerprint density at radius 3 is 2.63 bits per heavy atom.